The Kier molecular flexibility index (Phi) is 6.25. The summed E-state index contributed by atoms with van der Waals surface area (Å²) in [5, 5.41) is 17.8. The maximum Gasteiger partial charge on any atom is 0.338 e. The molecule has 0 atom stereocenters. The number of carboxylic acid groups (broad SMARTS) is 1. The van der Waals surface area contributed by atoms with Crippen LogP contribution in [0.3, 0.4) is 0 Å². The maximum absolute atomic E-state index is 13.3. The van der Waals surface area contributed by atoms with Gasteiger partial charge in [-0.1, -0.05) is 13.3 Å². The van der Waals surface area contributed by atoms with E-state index in [9.17, 15) is 17.6 Å². The summed E-state index contributed by atoms with van der Waals surface area (Å²) >= 11 is 0. The second-order valence-electron chi connectivity index (χ2n) is 4.43. The lowest BCUT2D eigenvalue weighted by Crippen LogP contribution is -2.34. The van der Waals surface area contributed by atoms with Crippen LogP contribution in [0.4, 0.5) is 4.39 Å². The van der Waals surface area contributed by atoms with Crippen LogP contribution < -0.4 is 0 Å². The lowest BCUT2D eigenvalue weighted by Gasteiger charge is -2.21. The normalized spacial score (nSPS) is 11.8. The van der Waals surface area contributed by atoms with Gasteiger partial charge in [-0.15, -0.1) is 0 Å². The average Bonchev–Trinajstić information content (AvgIpc) is 2.43. The van der Waals surface area contributed by atoms with Crippen molar-refractivity contribution in [2.45, 2.75) is 24.7 Å². The summed E-state index contributed by atoms with van der Waals surface area (Å²) in [4.78, 5) is 10.6. The van der Waals surface area contributed by atoms with Gasteiger partial charge in [0.15, 0.2) is 0 Å². The SMILES string of the molecule is CCCCN(CCO)S(=O)(=O)c1ccc(F)c(C(=O)O)c1. The van der Waals surface area contributed by atoms with Crippen molar-refractivity contribution >= 4 is 16.0 Å². The fourth-order valence-electron chi connectivity index (χ4n) is 1.78. The van der Waals surface area contributed by atoms with Crippen LogP contribution in [-0.4, -0.2) is 48.6 Å². The second kappa shape index (κ2) is 7.48. The smallest absolute Gasteiger partial charge is 0.338 e. The number of carboxylic acids is 1. The zero-order chi connectivity index (χ0) is 16.0. The van der Waals surface area contributed by atoms with E-state index in [1.165, 1.54) is 0 Å². The molecule has 0 heterocycles. The minimum atomic E-state index is -3.96. The number of halogens is 1. The van der Waals surface area contributed by atoms with Crippen LogP contribution in [0, 0.1) is 5.82 Å². The molecule has 0 aromatic heterocycles. The zero-order valence-electron chi connectivity index (χ0n) is 11.6. The Labute approximate surface area is 122 Å². The second-order valence-corrected chi connectivity index (χ2v) is 6.37. The van der Waals surface area contributed by atoms with Crippen molar-refractivity contribution in [1.82, 2.24) is 4.31 Å². The molecule has 0 aliphatic rings. The van der Waals surface area contributed by atoms with E-state index in [0.29, 0.717) is 6.42 Å². The van der Waals surface area contributed by atoms with E-state index in [1.54, 1.807) is 0 Å². The monoisotopic (exact) mass is 319 g/mol. The number of hydrogen-bond donors (Lipinski definition) is 2. The molecule has 1 aromatic carbocycles. The first-order valence-electron chi connectivity index (χ1n) is 6.48. The Bertz CT molecular complexity index is 603. The van der Waals surface area contributed by atoms with Crippen LogP contribution in [0.5, 0.6) is 0 Å². The largest absolute Gasteiger partial charge is 0.478 e. The molecule has 1 aromatic rings. The third-order valence-corrected chi connectivity index (χ3v) is 4.81. The van der Waals surface area contributed by atoms with Crippen molar-refractivity contribution in [3.8, 4) is 0 Å². The van der Waals surface area contributed by atoms with E-state index < -0.39 is 27.4 Å². The van der Waals surface area contributed by atoms with Crippen LogP contribution in [0.15, 0.2) is 23.1 Å². The van der Waals surface area contributed by atoms with E-state index in [4.69, 9.17) is 10.2 Å². The first kappa shape index (κ1) is 17.5. The predicted octanol–water partition coefficient (Wildman–Crippen LogP) is 1.31. The summed E-state index contributed by atoms with van der Waals surface area (Å²) in [6, 6.07) is 2.63. The number of carbonyl (C=O) groups is 1. The number of sulfonamides is 1. The Hall–Kier alpha value is -1.51. The maximum atomic E-state index is 13.3. The number of aliphatic hydroxyl groups excluding tert-OH is 1. The predicted molar refractivity (Wildman–Crippen MR) is 74.1 cm³/mol. The fraction of sp³-hybridized carbons (Fsp3) is 0.462. The van der Waals surface area contributed by atoms with Crippen molar-refractivity contribution in [3.63, 3.8) is 0 Å². The van der Waals surface area contributed by atoms with E-state index in [2.05, 4.69) is 0 Å². The molecule has 0 aliphatic heterocycles. The van der Waals surface area contributed by atoms with Crippen molar-refractivity contribution in [3.05, 3.63) is 29.6 Å². The molecule has 6 nitrogen and oxygen atoms in total. The number of unbranched alkanes of at least 4 members (excludes halogenated alkanes) is 1. The van der Waals surface area contributed by atoms with Gasteiger partial charge < -0.3 is 10.2 Å². The summed E-state index contributed by atoms with van der Waals surface area (Å²) in [7, 11) is -3.96. The van der Waals surface area contributed by atoms with Crippen LogP contribution in [0.1, 0.15) is 30.1 Å². The van der Waals surface area contributed by atoms with Crippen LogP contribution >= 0.6 is 0 Å². The molecule has 0 spiro atoms. The molecule has 0 fully saturated rings. The zero-order valence-corrected chi connectivity index (χ0v) is 12.4. The van der Waals surface area contributed by atoms with Crippen LogP contribution in [-0.2, 0) is 10.0 Å². The van der Waals surface area contributed by atoms with Crippen molar-refractivity contribution in [2.75, 3.05) is 19.7 Å². The number of nitrogens with zero attached hydrogens (tertiary/aromatic N) is 1. The minimum Gasteiger partial charge on any atom is -0.478 e. The fourth-order valence-corrected chi connectivity index (χ4v) is 3.27. The summed E-state index contributed by atoms with van der Waals surface area (Å²) < 4.78 is 39.2. The van der Waals surface area contributed by atoms with Gasteiger partial charge in [0, 0.05) is 13.1 Å². The van der Waals surface area contributed by atoms with E-state index in [-0.39, 0.29) is 24.6 Å². The molecule has 0 saturated carbocycles. The van der Waals surface area contributed by atoms with Crippen molar-refractivity contribution < 1.29 is 27.8 Å². The van der Waals surface area contributed by atoms with Gasteiger partial charge in [0.05, 0.1) is 17.1 Å². The molecule has 118 valence electrons. The highest BCUT2D eigenvalue weighted by atomic mass is 32.2. The van der Waals surface area contributed by atoms with Gasteiger partial charge in [0.1, 0.15) is 5.82 Å². The molecule has 0 unspecified atom stereocenters. The molecular weight excluding hydrogens is 301 g/mol. The molecule has 0 aliphatic carbocycles. The number of rotatable bonds is 8. The Morgan fingerprint density at radius 2 is 2.00 bits per heavy atom. The highest BCUT2D eigenvalue weighted by Crippen LogP contribution is 2.19. The molecule has 8 heteroatoms. The molecule has 21 heavy (non-hydrogen) atoms. The topological polar surface area (TPSA) is 94.9 Å². The number of aromatic carboxylic acids is 1. The lowest BCUT2D eigenvalue weighted by atomic mass is 10.2. The molecular formula is C13H18FNO5S. The molecule has 0 saturated heterocycles. The lowest BCUT2D eigenvalue weighted by molar-refractivity contribution is 0.0691. The summed E-state index contributed by atoms with van der Waals surface area (Å²) in [6.07, 6.45) is 1.37. The first-order chi connectivity index (χ1) is 9.84. The Balaban J connectivity index is 3.21. The van der Waals surface area contributed by atoms with E-state index in [0.717, 1.165) is 28.9 Å². The number of hydrogen-bond acceptors (Lipinski definition) is 4. The van der Waals surface area contributed by atoms with Gasteiger partial charge in [-0.3, -0.25) is 0 Å². The quantitative estimate of drug-likeness (QED) is 0.753. The highest BCUT2D eigenvalue weighted by molar-refractivity contribution is 7.89. The van der Waals surface area contributed by atoms with Gasteiger partial charge in [-0.05, 0) is 24.6 Å². The summed E-state index contributed by atoms with van der Waals surface area (Å²) in [6.45, 7) is 1.65. The van der Waals surface area contributed by atoms with Crippen molar-refractivity contribution in [2.24, 2.45) is 0 Å². The van der Waals surface area contributed by atoms with E-state index in [1.807, 2.05) is 6.92 Å². The molecule has 0 amide bonds. The minimum absolute atomic E-state index is 0.0951. The third kappa shape index (κ3) is 4.23. The summed E-state index contributed by atoms with van der Waals surface area (Å²) in [5.41, 5.74) is -0.699. The third-order valence-electron chi connectivity index (χ3n) is 2.92. The first-order valence-corrected chi connectivity index (χ1v) is 7.92. The standard InChI is InChI=1S/C13H18FNO5S/c1-2-3-6-15(7-8-16)21(19,20)10-4-5-12(14)11(9-10)13(17)18/h4-5,9,16H,2-3,6-8H2,1H3,(H,17,18). The molecule has 0 bridgehead atoms. The molecule has 1 rings (SSSR count). The van der Waals surface area contributed by atoms with Gasteiger partial charge in [-0.2, -0.15) is 4.31 Å². The molecule has 2 N–H and O–H groups in total. The number of aliphatic hydroxyl groups is 1. The van der Waals surface area contributed by atoms with Crippen LogP contribution in [0.2, 0.25) is 0 Å². The average molecular weight is 319 g/mol. The Morgan fingerprint density at radius 3 is 2.52 bits per heavy atom. The highest BCUT2D eigenvalue weighted by Gasteiger charge is 2.25. The van der Waals surface area contributed by atoms with Gasteiger partial charge in [-0.25, -0.2) is 17.6 Å². The van der Waals surface area contributed by atoms with Gasteiger partial charge >= 0.3 is 5.97 Å². The van der Waals surface area contributed by atoms with Gasteiger partial charge in [0.25, 0.3) is 0 Å². The van der Waals surface area contributed by atoms with Crippen LogP contribution in [0.25, 0.3) is 0 Å². The van der Waals surface area contributed by atoms with Gasteiger partial charge in [0.2, 0.25) is 10.0 Å². The van der Waals surface area contributed by atoms with Crippen molar-refractivity contribution in [1.29, 1.82) is 0 Å². The number of benzene rings is 1. The Morgan fingerprint density at radius 1 is 1.33 bits per heavy atom. The van der Waals surface area contributed by atoms with E-state index >= 15 is 0 Å². The summed E-state index contributed by atoms with van der Waals surface area (Å²) in [5.74, 6) is -2.53. The molecule has 0 radical (unpaired) electrons.